The Kier molecular flexibility index (Phi) is 9.39. The van der Waals surface area contributed by atoms with Gasteiger partial charge in [0.15, 0.2) is 0 Å². The molecule has 9 heteroatoms. The zero-order chi connectivity index (χ0) is 22.3. The highest BCUT2D eigenvalue weighted by atomic mass is 35.5. The Balaban J connectivity index is 0.000000469. The molecule has 0 saturated carbocycles. The Hall–Kier alpha value is -1.83. The predicted molar refractivity (Wildman–Crippen MR) is 115 cm³/mol. The molecule has 0 aliphatic carbocycles. The number of hydrogen-bond donors (Lipinski definition) is 2. The van der Waals surface area contributed by atoms with Gasteiger partial charge in [0.2, 0.25) is 5.91 Å². The number of rotatable bonds is 3. The van der Waals surface area contributed by atoms with Crippen molar-refractivity contribution in [3.63, 3.8) is 0 Å². The smallest absolute Gasteiger partial charge is 0.414 e. The molecule has 166 valence electrons. The first-order valence-corrected chi connectivity index (χ1v) is 10.8. The monoisotopic (exact) mass is 458 g/mol. The second kappa shape index (κ2) is 11.5. The minimum Gasteiger partial charge on any atom is -0.473 e. The fourth-order valence-electron chi connectivity index (χ4n) is 3.90. The summed E-state index contributed by atoms with van der Waals surface area (Å²) in [4.78, 5) is 35.4. The molecule has 0 bridgehead atoms. The normalized spacial score (nSPS) is 20.2. The number of carboxylic acids is 2. The minimum absolute atomic E-state index is 0.196. The van der Waals surface area contributed by atoms with Crippen LogP contribution in [0.15, 0.2) is 18.2 Å². The van der Waals surface area contributed by atoms with Crippen LogP contribution in [0, 0.1) is 11.8 Å². The predicted octanol–water partition coefficient (Wildman–Crippen LogP) is 3.62. The number of hydrogen-bond acceptors (Lipinski definition) is 4. The zero-order valence-corrected chi connectivity index (χ0v) is 18.5. The van der Waals surface area contributed by atoms with Crippen LogP contribution in [0.25, 0.3) is 0 Å². The first-order valence-electron chi connectivity index (χ1n) is 10.1. The van der Waals surface area contributed by atoms with Crippen molar-refractivity contribution in [1.82, 2.24) is 9.80 Å². The molecule has 2 fully saturated rings. The summed E-state index contributed by atoms with van der Waals surface area (Å²) in [7, 11) is 0. The van der Waals surface area contributed by atoms with Crippen LogP contribution >= 0.6 is 23.2 Å². The van der Waals surface area contributed by atoms with E-state index in [1.807, 2.05) is 18.2 Å². The summed E-state index contributed by atoms with van der Waals surface area (Å²) in [6.45, 7) is 6.84. The molecule has 2 N–H and O–H groups in total. The molecule has 0 aromatic heterocycles. The number of carbonyl (C=O) groups excluding carboxylic acids is 1. The number of carboxylic acid groups (broad SMARTS) is 2. The number of carbonyl (C=O) groups is 3. The zero-order valence-electron chi connectivity index (χ0n) is 17.0. The van der Waals surface area contributed by atoms with Crippen LogP contribution in [0.2, 0.25) is 10.0 Å². The van der Waals surface area contributed by atoms with Gasteiger partial charge < -0.3 is 15.1 Å². The molecule has 3 rings (SSSR count). The van der Waals surface area contributed by atoms with Crippen LogP contribution in [-0.4, -0.2) is 64.0 Å². The van der Waals surface area contributed by atoms with E-state index in [2.05, 4.69) is 16.7 Å². The van der Waals surface area contributed by atoms with Crippen molar-refractivity contribution < 1.29 is 24.6 Å². The van der Waals surface area contributed by atoms with Crippen LogP contribution in [0.3, 0.4) is 0 Å². The first kappa shape index (κ1) is 24.4. The molecule has 1 unspecified atom stereocenters. The van der Waals surface area contributed by atoms with E-state index in [0.717, 1.165) is 57.5 Å². The molecule has 1 amide bonds. The second-order valence-electron chi connectivity index (χ2n) is 7.91. The number of likely N-dealkylation sites (tertiary alicyclic amines) is 2. The van der Waals surface area contributed by atoms with Crippen molar-refractivity contribution in [3.8, 4) is 0 Å². The van der Waals surface area contributed by atoms with Gasteiger partial charge in [-0.15, -0.1) is 0 Å². The summed E-state index contributed by atoms with van der Waals surface area (Å²) in [5.74, 6) is -2.43. The van der Waals surface area contributed by atoms with E-state index in [4.69, 9.17) is 43.0 Å². The van der Waals surface area contributed by atoms with Gasteiger partial charge in [0, 0.05) is 25.6 Å². The standard InChI is InChI=1S/C19H26Cl2N2O.C2H2O4/c1-14-4-3-9-23(12-14)19(24)15-7-10-22(11-8-15)13-16-5-2-6-17(20)18(16)21;3-1(4)2(5)6/h2,5-6,14-15H,3-4,7-13H2,1H3;(H,3,4)(H,5,6). The third-order valence-corrected chi connectivity index (χ3v) is 6.37. The third-order valence-electron chi connectivity index (χ3n) is 5.51. The quantitative estimate of drug-likeness (QED) is 0.671. The van der Waals surface area contributed by atoms with Gasteiger partial charge in [-0.25, -0.2) is 9.59 Å². The summed E-state index contributed by atoms with van der Waals surface area (Å²) in [5, 5.41) is 16.0. The largest absolute Gasteiger partial charge is 0.473 e. The van der Waals surface area contributed by atoms with Gasteiger partial charge in [-0.2, -0.15) is 0 Å². The van der Waals surface area contributed by atoms with Gasteiger partial charge >= 0.3 is 11.9 Å². The van der Waals surface area contributed by atoms with Crippen molar-refractivity contribution in [2.75, 3.05) is 26.2 Å². The fourth-order valence-corrected chi connectivity index (χ4v) is 4.28. The Morgan fingerprint density at radius 2 is 1.67 bits per heavy atom. The van der Waals surface area contributed by atoms with Crippen molar-refractivity contribution >= 4 is 41.0 Å². The van der Waals surface area contributed by atoms with E-state index in [1.54, 1.807) is 0 Å². The molecular formula is C21H28Cl2N2O5. The first-order chi connectivity index (χ1) is 14.2. The number of nitrogens with zero attached hydrogens (tertiary/aromatic N) is 2. The highest BCUT2D eigenvalue weighted by molar-refractivity contribution is 6.42. The van der Waals surface area contributed by atoms with Crippen LogP contribution in [0.4, 0.5) is 0 Å². The number of halogens is 2. The van der Waals surface area contributed by atoms with Crippen molar-refractivity contribution in [2.45, 2.75) is 39.2 Å². The van der Waals surface area contributed by atoms with E-state index >= 15 is 0 Å². The average Bonchev–Trinajstić information content (AvgIpc) is 2.72. The number of piperidine rings is 2. The number of aliphatic carboxylic acids is 2. The van der Waals surface area contributed by atoms with Crippen molar-refractivity contribution in [2.24, 2.45) is 11.8 Å². The van der Waals surface area contributed by atoms with Gasteiger partial charge in [0.1, 0.15) is 0 Å². The molecule has 2 saturated heterocycles. The van der Waals surface area contributed by atoms with Crippen LogP contribution in [0.1, 0.15) is 38.2 Å². The lowest BCUT2D eigenvalue weighted by molar-refractivity contribution is -0.159. The highest BCUT2D eigenvalue weighted by Gasteiger charge is 2.30. The van der Waals surface area contributed by atoms with Gasteiger partial charge in [-0.3, -0.25) is 9.69 Å². The van der Waals surface area contributed by atoms with Crippen molar-refractivity contribution in [1.29, 1.82) is 0 Å². The number of benzene rings is 1. The lowest BCUT2D eigenvalue weighted by Gasteiger charge is -2.37. The molecule has 7 nitrogen and oxygen atoms in total. The topological polar surface area (TPSA) is 98.2 Å². The molecule has 1 aromatic carbocycles. The van der Waals surface area contributed by atoms with E-state index in [1.165, 1.54) is 6.42 Å². The lowest BCUT2D eigenvalue weighted by atomic mass is 9.92. The van der Waals surface area contributed by atoms with E-state index in [9.17, 15) is 4.79 Å². The number of amides is 1. The lowest BCUT2D eigenvalue weighted by Crippen LogP contribution is -2.45. The molecule has 0 radical (unpaired) electrons. The molecule has 30 heavy (non-hydrogen) atoms. The summed E-state index contributed by atoms with van der Waals surface area (Å²) < 4.78 is 0. The summed E-state index contributed by atoms with van der Waals surface area (Å²) in [6, 6.07) is 5.79. The molecule has 2 aliphatic heterocycles. The van der Waals surface area contributed by atoms with Crippen LogP contribution < -0.4 is 0 Å². The Bertz CT molecular complexity index is 754. The molecule has 0 spiro atoms. The van der Waals surface area contributed by atoms with E-state index in [-0.39, 0.29) is 5.92 Å². The molecule has 1 aromatic rings. The minimum atomic E-state index is -1.82. The summed E-state index contributed by atoms with van der Waals surface area (Å²) in [6.07, 6.45) is 4.30. The van der Waals surface area contributed by atoms with E-state index in [0.29, 0.717) is 21.9 Å². The Labute approximate surface area is 186 Å². The van der Waals surface area contributed by atoms with Gasteiger partial charge in [-0.05, 0) is 56.3 Å². The summed E-state index contributed by atoms with van der Waals surface area (Å²) >= 11 is 12.4. The van der Waals surface area contributed by atoms with Gasteiger partial charge in [-0.1, -0.05) is 42.3 Å². The van der Waals surface area contributed by atoms with E-state index < -0.39 is 11.9 Å². The summed E-state index contributed by atoms with van der Waals surface area (Å²) in [5.41, 5.74) is 1.07. The third kappa shape index (κ3) is 7.15. The molecular weight excluding hydrogens is 431 g/mol. The molecule has 1 atom stereocenters. The van der Waals surface area contributed by atoms with Gasteiger partial charge in [0.25, 0.3) is 0 Å². The van der Waals surface area contributed by atoms with Crippen molar-refractivity contribution in [3.05, 3.63) is 33.8 Å². The Morgan fingerprint density at radius 3 is 2.23 bits per heavy atom. The van der Waals surface area contributed by atoms with Gasteiger partial charge in [0.05, 0.1) is 10.0 Å². The average molecular weight is 459 g/mol. The fraction of sp³-hybridized carbons (Fsp3) is 0.571. The maximum Gasteiger partial charge on any atom is 0.414 e. The van der Waals surface area contributed by atoms with Crippen LogP contribution in [0.5, 0.6) is 0 Å². The second-order valence-corrected chi connectivity index (χ2v) is 8.69. The van der Waals surface area contributed by atoms with Crippen LogP contribution in [-0.2, 0) is 20.9 Å². The molecule has 2 heterocycles. The Morgan fingerprint density at radius 1 is 1.03 bits per heavy atom. The maximum absolute atomic E-state index is 12.7. The highest BCUT2D eigenvalue weighted by Crippen LogP contribution is 2.29. The molecule has 2 aliphatic rings. The maximum atomic E-state index is 12.7. The SMILES string of the molecule is CC1CCCN(C(=O)C2CCN(Cc3cccc(Cl)c3Cl)CC2)C1.O=C(O)C(=O)O.